The monoisotopic (exact) mass is 509 g/mol. The lowest BCUT2D eigenvalue weighted by molar-refractivity contribution is 0.102. The summed E-state index contributed by atoms with van der Waals surface area (Å²) in [5.41, 5.74) is 6.20. The van der Waals surface area contributed by atoms with Gasteiger partial charge in [-0.25, -0.2) is 4.39 Å². The lowest BCUT2D eigenvalue weighted by Crippen LogP contribution is -2.33. The maximum Gasteiger partial charge on any atom is 0.258 e. The van der Waals surface area contributed by atoms with E-state index < -0.39 is 0 Å². The molecule has 5 rings (SSSR count). The van der Waals surface area contributed by atoms with Crippen LogP contribution in [-0.4, -0.2) is 35.0 Å². The van der Waals surface area contributed by atoms with Crippen molar-refractivity contribution in [2.75, 3.05) is 25.0 Å². The summed E-state index contributed by atoms with van der Waals surface area (Å²) in [6.07, 6.45) is 3.75. The predicted octanol–water partition coefficient (Wildman–Crippen LogP) is 7.82. The van der Waals surface area contributed by atoms with Gasteiger partial charge >= 0.3 is 0 Å². The zero-order valence-electron chi connectivity index (χ0n) is 22.3. The van der Waals surface area contributed by atoms with Crippen molar-refractivity contribution in [3.8, 4) is 22.4 Å². The summed E-state index contributed by atoms with van der Waals surface area (Å²) in [4.78, 5) is 16.6. The summed E-state index contributed by atoms with van der Waals surface area (Å²) < 4.78 is 16.4. The molecular weight excluding hydrogens is 473 g/mol. The third kappa shape index (κ3) is 5.58. The third-order valence-corrected chi connectivity index (χ3v) is 7.38. The van der Waals surface area contributed by atoms with E-state index in [1.165, 1.54) is 31.4 Å². The summed E-state index contributed by atoms with van der Waals surface area (Å²) in [7, 11) is 0. The molecule has 4 nitrogen and oxygen atoms in total. The van der Waals surface area contributed by atoms with Crippen LogP contribution < -0.4 is 5.32 Å². The van der Waals surface area contributed by atoms with Gasteiger partial charge in [0.05, 0.1) is 11.3 Å². The number of likely N-dealkylation sites (tertiary alicyclic amines) is 1. The smallest absolute Gasteiger partial charge is 0.258 e. The minimum atomic E-state index is -0.271. The second-order valence-corrected chi connectivity index (χ2v) is 10.4. The van der Waals surface area contributed by atoms with Crippen LogP contribution in [0.3, 0.4) is 0 Å². The highest BCUT2D eigenvalue weighted by atomic mass is 19.1. The van der Waals surface area contributed by atoms with Crippen molar-refractivity contribution in [1.82, 2.24) is 9.47 Å². The van der Waals surface area contributed by atoms with Crippen molar-refractivity contribution in [3.05, 3.63) is 102 Å². The fourth-order valence-electron chi connectivity index (χ4n) is 5.63. The summed E-state index contributed by atoms with van der Waals surface area (Å²) in [5, 5.41) is 3.15. The van der Waals surface area contributed by atoms with Gasteiger partial charge in [-0.3, -0.25) is 4.79 Å². The van der Waals surface area contributed by atoms with Gasteiger partial charge in [-0.2, -0.15) is 0 Å². The van der Waals surface area contributed by atoms with Crippen LogP contribution in [0.5, 0.6) is 0 Å². The second-order valence-electron chi connectivity index (χ2n) is 10.4. The number of aromatic nitrogens is 1. The van der Waals surface area contributed by atoms with Crippen molar-refractivity contribution in [1.29, 1.82) is 0 Å². The maximum atomic E-state index is 14.1. The average Bonchev–Trinajstić information content (AvgIpc) is 3.29. The van der Waals surface area contributed by atoms with Crippen LogP contribution >= 0.6 is 0 Å². The first-order valence-corrected chi connectivity index (χ1v) is 13.7. The molecule has 0 spiro atoms. The second kappa shape index (κ2) is 11.8. The highest BCUT2D eigenvalue weighted by Gasteiger charge is 2.30. The molecule has 1 amide bonds. The molecule has 196 valence electrons. The zero-order valence-corrected chi connectivity index (χ0v) is 22.3. The summed E-state index contributed by atoms with van der Waals surface area (Å²) in [5.74, 6) is -0.295. The number of nitrogens with one attached hydrogen (secondary N) is 1. The van der Waals surface area contributed by atoms with Gasteiger partial charge < -0.3 is 14.8 Å². The molecule has 0 bridgehead atoms. The lowest BCUT2D eigenvalue weighted by atomic mass is 9.94. The molecule has 1 aliphatic heterocycles. The summed E-state index contributed by atoms with van der Waals surface area (Å²) in [6.45, 7) is 8.19. The van der Waals surface area contributed by atoms with E-state index in [0.29, 0.717) is 5.56 Å². The van der Waals surface area contributed by atoms with E-state index in [2.05, 4.69) is 40.8 Å². The minimum absolute atomic E-state index is 0.101. The number of nitrogens with zero attached hydrogens (tertiary/aromatic N) is 2. The minimum Gasteiger partial charge on any atom is -0.342 e. The number of halogens is 1. The van der Waals surface area contributed by atoms with Gasteiger partial charge in [0.2, 0.25) is 0 Å². The van der Waals surface area contributed by atoms with Crippen molar-refractivity contribution >= 4 is 11.6 Å². The van der Waals surface area contributed by atoms with Crippen molar-refractivity contribution in [2.24, 2.45) is 0 Å². The van der Waals surface area contributed by atoms with Gasteiger partial charge in [0.15, 0.2) is 0 Å². The molecule has 1 N–H and O–H groups in total. The van der Waals surface area contributed by atoms with Crippen LogP contribution in [0, 0.1) is 5.82 Å². The first kappa shape index (κ1) is 25.9. The van der Waals surface area contributed by atoms with Gasteiger partial charge in [0.25, 0.3) is 5.91 Å². The van der Waals surface area contributed by atoms with Crippen LogP contribution in [0.15, 0.2) is 84.9 Å². The molecule has 1 saturated heterocycles. The number of anilines is 1. The Hall–Kier alpha value is -3.70. The molecule has 38 heavy (non-hydrogen) atoms. The Morgan fingerprint density at radius 2 is 1.45 bits per heavy atom. The maximum absolute atomic E-state index is 14.1. The normalized spacial score (nSPS) is 14.1. The zero-order chi connectivity index (χ0) is 26.5. The number of carbonyl (C=O) groups is 1. The topological polar surface area (TPSA) is 37.3 Å². The first-order valence-electron chi connectivity index (χ1n) is 13.7. The standard InChI is InChI=1S/C33H36FN3O/c1-24(2)31-30(33(38)35-28-14-8-4-9-15-28)29(25-12-6-3-7-13-25)32(26-16-18-27(34)19-17-26)37(31)23-22-36-20-10-5-11-21-36/h3-4,6-9,12-19,24H,5,10-11,20-23H2,1-2H3,(H,35,38). The molecule has 0 saturated carbocycles. The lowest BCUT2D eigenvalue weighted by Gasteiger charge is -2.28. The molecule has 1 fully saturated rings. The van der Waals surface area contributed by atoms with Crippen molar-refractivity contribution < 1.29 is 9.18 Å². The van der Waals surface area contributed by atoms with Gasteiger partial charge in [0, 0.05) is 30.0 Å². The number of hydrogen-bond donors (Lipinski definition) is 1. The van der Waals surface area contributed by atoms with Crippen molar-refractivity contribution in [2.45, 2.75) is 45.6 Å². The number of rotatable bonds is 8. The van der Waals surface area contributed by atoms with E-state index in [1.807, 2.05) is 60.7 Å². The highest BCUT2D eigenvalue weighted by molar-refractivity contribution is 6.12. The Kier molecular flexibility index (Phi) is 8.04. The first-order chi connectivity index (χ1) is 18.5. The molecule has 1 aliphatic rings. The SMILES string of the molecule is CC(C)c1c(C(=O)Nc2ccccc2)c(-c2ccccc2)c(-c2ccc(F)cc2)n1CCN1CCCCC1. The average molecular weight is 510 g/mol. The van der Waals surface area contributed by atoms with E-state index in [0.717, 1.165) is 59.9 Å². The molecule has 0 radical (unpaired) electrons. The third-order valence-electron chi connectivity index (χ3n) is 7.38. The number of piperidine rings is 1. The highest BCUT2D eigenvalue weighted by Crippen LogP contribution is 2.42. The largest absolute Gasteiger partial charge is 0.342 e. The quantitative estimate of drug-likeness (QED) is 0.263. The Balaban J connectivity index is 1.72. The fourth-order valence-corrected chi connectivity index (χ4v) is 5.63. The van der Waals surface area contributed by atoms with E-state index in [-0.39, 0.29) is 17.6 Å². The van der Waals surface area contributed by atoms with E-state index in [4.69, 9.17) is 0 Å². The van der Waals surface area contributed by atoms with Gasteiger partial charge in [0.1, 0.15) is 5.82 Å². The van der Waals surface area contributed by atoms with E-state index >= 15 is 0 Å². The van der Waals surface area contributed by atoms with E-state index in [9.17, 15) is 9.18 Å². The Morgan fingerprint density at radius 3 is 2.08 bits per heavy atom. The predicted molar refractivity (Wildman–Crippen MR) is 154 cm³/mol. The molecule has 0 unspecified atom stereocenters. The van der Waals surface area contributed by atoms with Crippen LogP contribution in [0.25, 0.3) is 22.4 Å². The number of amides is 1. The summed E-state index contributed by atoms with van der Waals surface area (Å²) in [6, 6.07) is 26.4. The van der Waals surface area contributed by atoms with Crippen LogP contribution in [0.4, 0.5) is 10.1 Å². The molecule has 1 aromatic heterocycles. The number of carbonyl (C=O) groups excluding carboxylic acids is 1. The molecule has 4 aromatic rings. The number of benzene rings is 3. The Bertz CT molecular complexity index is 1360. The summed E-state index contributed by atoms with van der Waals surface area (Å²) >= 11 is 0. The molecule has 0 aliphatic carbocycles. The van der Waals surface area contributed by atoms with Gasteiger partial charge in [-0.15, -0.1) is 0 Å². The van der Waals surface area contributed by atoms with E-state index in [1.54, 1.807) is 0 Å². The fraction of sp³-hybridized carbons (Fsp3) is 0.303. The number of para-hydroxylation sites is 1. The molecule has 0 atom stereocenters. The van der Waals surface area contributed by atoms with Crippen LogP contribution in [-0.2, 0) is 6.54 Å². The molecule has 5 heteroatoms. The molecule has 3 aromatic carbocycles. The number of hydrogen-bond acceptors (Lipinski definition) is 2. The van der Waals surface area contributed by atoms with Crippen LogP contribution in [0.2, 0.25) is 0 Å². The Morgan fingerprint density at radius 1 is 0.816 bits per heavy atom. The van der Waals surface area contributed by atoms with Crippen molar-refractivity contribution in [3.63, 3.8) is 0 Å². The van der Waals surface area contributed by atoms with Crippen LogP contribution in [0.1, 0.15) is 55.1 Å². The Labute approximate surface area is 225 Å². The molecular formula is C33H36FN3O. The molecule has 2 heterocycles. The van der Waals surface area contributed by atoms with Gasteiger partial charge in [-0.1, -0.05) is 68.8 Å². The van der Waals surface area contributed by atoms with Gasteiger partial charge in [-0.05, 0) is 79.4 Å².